The van der Waals surface area contributed by atoms with Crippen LogP contribution in [0.3, 0.4) is 0 Å². The number of carbonyl (C=O) groups is 1. The molecule has 0 radical (unpaired) electrons. The molecule has 3 rings (SSSR count). The number of hydrogen-bond acceptors (Lipinski definition) is 4. The van der Waals surface area contributed by atoms with Crippen molar-refractivity contribution in [2.45, 2.75) is 35.0 Å². The number of nitrogens with one attached hydrogen (secondary N) is 1. The van der Waals surface area contributed by atoms with E-state index in [0.717, 1.165) is 16.1 Å². The zero-order chi connectivity index (χ0) is 17.2. The Labute approximate surface area is 150 Å². The van der Waals surface area contributed by atoms with Gasteiger partial charge in [0.05, 0.1) is 6.04 Å². The summed E-state index contributed by atoms with van der Waals surface area (Å²) in [6, 6.07) is 17.1. The maximum absolute atomic E-state index is 13.0. The molecule has 0 saturated carbocycles. The van der Waals surface area contributed by atoms with Gasteiger partial charge in [-0.25, -0.2) is 0 Å². The predicted octanol–water partition coefficient (Wildman–Crippen LogP) is 4.88. The van der Waals surface area contributed by atoms with Crippen LogP contribution in [0.4, 0.5) is 5.69 Å². The Bertz CT molecular complexity index is 751. The molecule has 1 heterocycles. The van der Waals surface area contributed by atoms with Gasteiger partial charge in [-0.05, 0) is 38.1 Å². The molecule has 1 aliphatic rings. The number of nitrogens with zero attached hydrogens (tertiary/aromatic N) is 2. The third-order valence-electron chi connectivity index (χ3n) is 3.84. The van der Waals surface area contributed by atoms with Gasteiger partial charge in [-0.3, -0.25) is 4.79 Å². The lowest BCUT2D eigenvalue weighted by Crippen LogP contribution is -2.46. The summed E-state index contributed by atoms with van der Waals surface area (Å²) in [6.07, 6.45) is 0. The Morgan fingerprint density at radius 2 is 1.83 bits per heavy atom. The first-order chi connectivity index (χ1) is 11.5. The molecule has 0 saturated heterocycles. The number of aryl methyl sites for hydroxylation is 1. The third-order valence-corrected chi connectivity index (χ3v) is 5.99. The molecular weight excluding hydrogens is 342 g/mol. The van der Waals surface area contributed by atoms with Crippen LogP contribution in [0.1, 0.15) is 12.5 Å². The second kappa shape index (κ2) is 6.95. The fourth-order valence-corrected chi connectivity index (χ4v) is 3.96. The van der Waals surface area contributed by atoms with E-state index in [1.807, 2.05) is 68.4 Å². The normalized spacial score (nSPS) is 25.6. The van der Waals surface area contributed by atoms with E-state index in [-0.39, 0.29) is 11.9 Å². The Balaban J connectivity index is 1.89. The van der Waals surface area contributed by atoms with E-state index >= 15 is 0 Å². The first-order valence-electron chi connectivity index (χ1n) is 7.69. The lowest BCUT2D eigenvalue weighted by Gasteiger charge is -2.27. The molecule has 2 aromatic carbocycles. The largest absolute Gasteiger partial charge is 0.323 e. The van der Waals surface area contributed by atoms with Crippen LogP contribution in [-0.2, 0) is 4.79 Å². The van der Waals surface area contributed by atoms with Gasteiger partial charge in [0.15, 0.2) is 0 Å². The van der Waals surface area contributed by atoms with E-state index in [0.29, 0.717) is 0 Å². The highest BCUT2D eigenvalue weighted by Crippen LogP contribution is 2.45. The van der Waals surface area contributed by atoms with Gasteiger partial charge in [0, 0.05) is 10.6 Å². The van der Waals surface area contributed by atoms with Gasteiger partial charge in [0.25, 0.3) is 5.91 Å². The summed E-state index contributed by atoms with van der Waals surface area (Å²) in [5, 5.41) is 10.8. The molecule has 124 valence electrons. The average Bonchev–Trinajstić information content (AvgIpc) is 2.87. The number of rotatable bonds is 4. The topological polar surface area (TPSA) is 53.8 Å². The van der Waals surface area contributed by atoms with Crippen molar-refractivity contribution in [1.82, 2.24) is 0 Å². The van der Waals surface area contributed by atoms with Crippen LogP contribution in [0, 0.1) is 6.92 Å². The zero-order valence-corrected chi connectivity index (χ0v) is 15.0. The molecule has 2 aromatic rings. The van der Waals surface area contributed by atoms with Gasteiger partial charge < -0.3 is 5.32 Å². The summed E-state index contributed by atoms with van der Waals surface area (Å²) >= 11 is 7.89. The number of alkyl halides is 1. The van der Waals surface area contributed by atoms with Crippen LogP contribution in [0.15, 0.2) is 69.7 Å². The Morgan fingerprint density at radius 1 is 1.17 bits per heavy atom. The number of anilines is 1. The smallest absolute Gasteiger partial charge is 0.266 e. The predicted molar refractivity (Wildman–Crippen MR) is 98.8 cm³/mol. The van der Waals surface area contributed by atoms with Gasteiger partial charge in [0.2, 0.25) is 4.87 Å². The lowest BCUT2D eigenvalue weighted by molar-refractivity contribution is -0.118. The highest BCUT2D eigenvalue weighted by atomic mass is 35.5. The van der Waals surface area contributed by atoms with Crippen LogP contribution in [-0.4, -0.2) is 22.2 Å². The molecule has 4 nitrogen and oxygen atoms in total. The quantitative estimate of drug-likeness (QED) is 0.790. The van der Waals surface area contributed by atoms with Crippen LogP contribution in [0.25, 0.3) is 0 Å². The van der Waals surface area contributed by atoms with Gasteiger partial charge in [-0.15, -0.1) is 11.6 Å². The summed E-state index contributed by atoms with van der Waals surface area (Å²) in [6.45, 7) is 3.87. The molecule has 0 aromatic heterocycles. The van der Waals surface area contributed by atoms with E-state index < -0.39 is 10.2 Å². The van der Waals surface area contributed by atoms with Crippen molar-refractivity contribution in [1.29, 1.82) is 0 Å². The van der Waals surface area contributed by atoms with Gasteiger partial charge in [0.1, 0.15) is 5.38 Å². The second-order valence-electron chi connectivity index (χ2n) is 5.79. The van der Waals surface area contributed by atoms with E-state index in [4.69, 9.17) is 11.6 Å². The minimum Gasteiger partial charge on any atom is -0.323 e. The summed E-state index contributed by atoms with van der Waals surface area (Å²) in [5.74, 6) is -0.256. The Kier molecular flexibility index (Phi) is 4.92. The lowest BCUT2D eigenvalue weighted by atomic mass is 10.1. The Hall–Kier alpha value is -1.85. The Morgan fingerprint density at radius 3 is 2.42 bits per heavy atom. The molecule has 1 aliphatic heterocycles. The van der Waals surface area contributed by atoms with Gasteiger partial charge in [-0.2, -0.15) is 10.2 Å². The first-order valence-corrected chi connectivity index (χ1v) is 8.95. The molecule has 0 bridgehead atoms. The summed E-state index contributed by atoms with van der Waals surface area (Å²) in [7, 11) is 0. The fraction of sp³-hybridized carbons (Fsp3) is 0.278. The molecule has 0 unspecified atom stereocenters. The molecule has 0 fully saturated rings. The maximum atomic E-state index is 13.0. The average molecular weight is 360 g/mol. The van der Waals surface area contributed by atoms with Gasteiger partial charge in [-0.1, -0.05) is 47.7 Å². The number of halogens is 1. The molecule has 24 heavy (non-hydrogen) atoms. The summed E-state index contributed by atoms with van der Waals surface area (Å²) in [5.41, 5.74) is 1.85. The summed E-state index contributed by atoms with van der Waals surface area (Å²) in [4.78, 5) is 12.8. The zero-order valence-electron chi connectivity index (χ0n) is 13.4. The van der Waals surface area contributed by atoms with Crippen molar-refractivity contribution >= 4 is 35.0 Å². The van der Waals surface area contributed by atoms with Crippen LogP contribution in [0.5, 0.6) is 0 Å². The van der Waals surface area contributed by atoms with Crippen molar-refractivity contribution in [2.75, 3.05) is 5.32 Å². The highest BCUT2D eigenvalue weighted by molar-refractivity contribution is 8.01. The number of azo groups is 1. The van der Waals surface area contributed by atoms with Crippen LogP contribution >= 0.6 is 23.4 Å². The second-order valence-corrected chi connectivity index (χ2v) is 7.56. The molecule has 0 spiro atoms. The molecule has 1 N–H and O–H groups in total. The first kappa shape index (κ1) is 17.0. The van der Waals surface area contributed by atoms with E-state index in [2.05, 4.69) is 15.5 Å². The van der Waals surface area contributed by atoms with Crippen molar-refractivity contribution < 1.29 is 4.79 Å². The number of benzene rings is 2. The van der Waals surface area contributed by atoms with Crippen molar-refractivity contribution in [2.24, 2.45) is 10.2 Å². The molecular formula is C18H18ClN3OS. The van der Waals surface area contributed by atoms with Crippen molar-refractivity contribution in [3.63, 3.8) is 0 Å². The highest BCUT2D eigenvalue weighted by Gasteiger charge is 2.53. The minimum absolute atomic E-state index is 0.216. The van der Waals surface area contributed by atoms with E-state index in [1.54, 1.807) is 0 Å². The van der Waals surface area contributed by atoms with E-state index in [9.17, 15) is 4.79 Å². The third kappa shape index (κ3) is 3.32. The monoisotopic (exact) mass is 359 g/mol. The minimum atomic E-state index is -1.17. The standard InChI is InChI=1S/C18H18ClN3OS/c1-12-8-10-14(11-9-12)20-17(23)18(16(19)13(2)21-22-18)24-15-6-4-3-5-7-15/h3-11,13,16H,1-2H3,(H,20,23)/t13-,16-,18+/m0/s1. The maximum Gasteiger partial charge on any atom is 0.266 e. The van der Waals surface area contributed by atoms with Gasteiger partial charge >= 0.3 is 0 Å². The van der Waals surface area contributed by atoms with Crippen LogP contribution in [0.2, 0.25) is 0 Å². The number of hydrogen-bond donors (Lipinski definition) is 1. The number of thioether (sulfide) groups is 1. The van der Waals surface area contributed by atoms with Crippen molar-refractivity contribution in [3.8, 4) is 0 Å². The van der Waals surface area contributed by atoms with E-state index in [1.165, 1.54) is 11.8 Å². The molecule has 6 heteroatoms. The fourth-order valence-electron chi connectivity index (χ4n) is 2.44. The molecule has 3 atom stereocenters. The SMILES string of the molecule is Cc1ccc(NC(=O)[C@@]2(Sc3ccccc3)N=N[C@@H](C)[C@@H]2Cl)cc1. The van der Waals surface area contributed by atoms with Crippen molar-refractivity contribution in [3.05, 3.63) is 60.2 Å². The number of amides is 1. The van der Waals surface area contributed by atoms with Crippen LogP contribution < -0.4 is 5.32 Å². The number of carbonyl (C=O) groups excluding carboxylic acids is 1. The summed E-state index contributed by atoms with van der Waals surface area (Å²) < 4.78 is 0. The molecule has 0 aliphatic carbocycles. The molecule has 1 amide bonds.